The van der Waals surface area contributed by atoms with Crippen LogP contribution in [0.15, 0.2) is 4.99 Å². The van der Waals surface area contributed by atoms with Gasteiger partial charge in [0.05, 0.1) is 18.1 Å². The van der Waals surface area contributed by atoms with Gasteiger partial charge in [0.25, 0.3) is 0 Å². The Balaban J connectivity index is 3.31. The highest BCUT2D eigenvalue weighted by Crippen LogP contribution is 2.39. The van der Waals surface area contributed by atoms with Crippen molar-refractivity contribution in [2.24, 2.45) is 34.2 Å². The molecule has 1 fully saturated rings. The highest BCUT2D eigenvalue weighted by molar-refractivity contribution is 5.76. The summed E-state index contributed by atoms with van der Waals surface area (Å²) in [6.45, 7) is 0.883. The van der Waals surface area contributed by atoms with E-state index >= 15 is 0 Å². The van der Waals surface area contributed by atoms with Crippen LogP contribution in [0, 0.1) is 17.8 Å². The van der Waals surface area contributed by atoms with Crippen molar-refractivity contribution >= 4 is 17.8 Å². The molecule has 23 heavy (non-hydrogen) atoms. The summed E-state index contributed by atoms with van der Waals surface area (Å²) in [5.41, 5.74) is 10.9. The van der Waals surface area contributed by atoms with Crippen LogP contribution in [-0.2, 0) is 9.59 Å². The number of nitrogens with one attached hydrogen (secondary N) is 1. The summed E-state index contributed by atoms with van der Waals surface area (Å²) in [6, 6.07) is -1.51. The first-order valence-electron chi connectivity index (χ1n) is 9.24. The van der Waals surface area contributed by atoms with Gasteiger partial charge in [0.1, 0.15) is 0 Å². The summed E-state index contributed by atoms with van der Waals surface area (Å²) in [7, 11) is 0. The lowest BCUT2D eigenvalue weighted by Gasteiger charge is -2.35. The Bertz CT molecular complexity index is 547. The van der Waals surface area contributed by atoms with Gasteiger partial charge in [-0.15, -0.1) is 0 Å². The molecular weight excluding hydrogens is 300 g/mol. The summed E-state index contributed by atoms with van der Waals surface area (Å²) in [4.78, 5) is 27.6. The fourth-order valence-electron chi connectivity index (χ4n) is 3.56. The molecule has 8 nitrogen and oxygen atoms in total. The molecule has 0 spiro atoms. The highest BCUT2D eigenvalue weighted by atomic mass is 16.4. The molecule has 0 aromatic rings. The number of aliphatic carboxylic acids is 1. The predicted octanol–water partition coefficient (Wildman–Crippen LogP) is -0.349. The molecule has 1 saturated carbocycles. The SMILES string of the molecule is [2H]C([2H])([2H])C(=O)N[C@H](C(CC)CC)[C@H]1[C@H](O)[C@H](C(=O)O)C[C@H]1N=C(N)N. The first kappa shape index (κ1) is 14.7. The molecule has 0 aromatic carbocycles. The number of aliphatic imine (C=N–C) groups is 1. The Kier molecular flexibility index (Phi) is 5.22. The lowest BCUT2D eigenvalue weighted by Crippen LogP contribution is -2.51. The fraction of sp³-hybridized carbons (Fsp3) is 0.800. The third kappa shape index (κ3) is 4.57. The van der Waals surface area contributed by atoms with Gasteiger partial charge in [0.2, 0.25) is 5.91 Å². The Labute approximate surface area is 140 Å². The number of carbonyl (C=O) groups excluding carboxylic acids is 1. The zero-order valence-corrected chi connectivity index (χ0v) is 13.4. The standard InChI is InChI=1S/C15H28N4O4/c1-4-8(5-2)12(18-7(3)20)11-10(19-15(16)17)6-9(13(11)21)14(22)23/h8-13,21H,4-6H2,1-3H3,(H,18,20)(H,22,23)(H4,16,17,19)/t9-,10-,11+,12-,13-/m1/s1/i3D3. The number of rotatable bonds is 7. The lowest BCUT2D eigenvalue weighted by molar-refractivity contribution is -0.145. The molecule has 8 heteroatoms. The van der Waals surface area contributed by atoms with Gasteiger partial charge >= 0.3 is 5.97 Å². The number of aliphatic hydroxyl groups excluding tert-OH is 1. The maximum atomic E-state index is 12.1. The Morgan fingerprint density at radius 3 is 2.43 bits per heavy atom. The van der Waals surface area contributed by atoms with Crippen molar-refractivity contribution in [3.63, 3.8) is 0 Å². The van der Waals surface area contributed by atoms with Crippen molar-refractivity contribution in [1.29, 1.82) is 0 Å². The minimum Gasteiger partial charge on any atom is -0.481 e. The van der Waals surface area contributed by atoms with E-state index in [1.54, 1.807) is 0 Å². The van der Waals surface area contributed by atoms with Gasteiger partial charge in [-0.25, -0.2) is 4.99 Å². The monoisotopic (exact) mass is 331 g/mol. The van der Waals surface area contributed by atoms with Gasteiger partial charge < -0.3 is 27.0 Å². The molecule has 1 rings (SSSR count). The number of guanidine groups is 1. The van der Waals surface area contributed by atoms with Crippen molar-refractivity contribution < 1.29 is 23.9 Å². The van der Waals surface area contributed by atoms with E-state index < -0.39 is 48.8 Å². The molecule has 0 aromatic heterocycles. The van der Waals surface area contributed by atoms with E-state index in [4.69, 9.17) is 15.6 Å². The van der Waals surface area contributed by atoms with Crippen LogP contribution < -0.4 is 16.8 Å². The van der Waals surface area contributed by atoms with E-state index in [1.807, 2.05) is 13.8 Å². The summed E-state index contributed by atoms with van der Waals surface area (Å²) < 4.78 is 21.8. The van der Waals surface area contributed by atoms with Crippen LogP contribution in [-0.4, -0.2) is 46.2 Å². The number of carboxylic acid groups (broad SMARTS) is 1. The van der Waals surface area contributed by atoms with Crippen LogP contribution in [0.5, 0.6) is 0 Å². The van der Waals surface area contributed by atoms with E-state index in [2.05, 4.69) is 10.3 Å². The minimum absolute atomic E-state index is 0.000641. The first-order valence-corrected chi connectivity index (χ1v) is 7.74. The molecule has 5 atom stereocenters. The number of aliphatic hydroxyl groups is 1. The number of hydrogen-bond donors (Lipinski definition) is 5. The van der Waals surface area contributed by atoms with Crippen LogP contribution in [0.1, 0.15) is 44.1 Å². The Morgan fingerprint density at radius 2 is 2.00 bits per heavy atom. The second kappa shape index (κ2) is 8.14. The van der Waals surface area contributed by atoms with E-state index in [1.165, 1.54) is 0 Å². The van der Waals surface area contributed by atoms with Crippen LogP contribution in [0.3, 0.4) is 0 Å². The summed E-state index contributed by atoms with van der Waals surface area (Å²) in [6.07, 6.45) is -0.127. The maximum absolute atomic E-state index is 12.1. The number of carboxylic acids is 1. The van der Waals surface area contributed by atoms with E-state index in [9.17, 15) is 19.8 Å². The molecule has 0 aliphatic heterocycles. The smallest absolute Gasteiger partial charge is 0.309 e. The second-order valence-corrected chi connectivity index (χ2v) is 5.95. The molecule has 1 amide bonds. The van der Waals surface area contributed by atoms with E-state index in [0.29, 0.717) is 12.8 Å². The highest BCUT2D eigenvalue weighted by Gasteiger charge is 2.50. The molecule has 1 aliphatic carbocycles. The summed E-state index contributed by atoms with van der Waals surface area (Å²) in [5, 5.41) is 22.4. The second-order valence-electron chi connectivity index (χ2n) is 5.95. The van der Waals surface area contributed by atoms with Gasteiger partial charge in [-0.3, -0.25) is 9.59 Å². The minimum atomic E-state index is -2.86. The third-order valence-corrected chi connectivity index (χ3v) is 4.65. The van der Waals surface area contributed by atoms with Gasteiger partial charge in [-0.1, -0.05) is 26.7 Å². The quantitative estimate of drug-likeness (QED) is 0.318. The lowest BCUT2D eigenvalue weighted by atomic mass is 9.80. The molecular formula is C15H28N4O4. The van der Waals surface area contributed by atoms with Crippen molar-refractivity contribution in [3.05, 3.63) is 0 Å². The van der Waals surface area contributed by atoms with Crippen LogP contribution in [0.25, 0.3) is 0 Å². The zero-order valence-electron chi connectivity index (χ0n) is 16.4. The fourth-order valence-corrected chi connectivity index (χ4v) is 3.56. The average Bonchev–Trinajstić information content (AvgIpc) is 2.82. The van der Waals surface area contributed by atoms with Crippen molar-refractivity contribution in [3.8, 4) is 0 Å². The predicted molar refractivity (Wildman–Crippen MR) is 86.5 cm³/mol. The number of nitrogens with two attached hydrogens (primary N) is 2. The largest absolute Gasteiger partial charge is 0.481 e. The maximum Gasteiger partial charge on any atom is 0.309 e. The molecule has 0 radical (unpaired) electrons. The number of hydrogen-bond acceptors (Lipinski definition) is 4. The van der Waals surface area contributed by atoms with E-state index in [0.717, 1.165) is 0 Å². The molecule has 7 N–H and O–H groups in total. The van der Waals surface area contributed by atoms with Crippen LogP contribution in [0.4, 0.5) is 0 Å². The van der Waals surface area contributed by atoms with Crippen molar-refractivity contribution in [2.45, 2.75) is 58.1 Å². The van der Waals surface area contributed by atoms with Crippen LogP contribution >= 0.6 is 0 Å². The summed E-state index contributed by atoms with van der Waals surface area (Å²) in [5.74, 6) is -4.69. The van der Waals surface area contributed by atoms with Gasteiger partial charge in [0.15, 0.2) is 5.96 Å². The zero-order chi connectivity index (χ0) is 20.2. The molecule has 0 bridgehead atoms. The van der Waals surface area contributed by atoms with Gasteiger partial charge in [0, 0.05) is 22.9 Å². The summed E-state index contributed by atoms with van der Waals surface area (Å²) >= 11 is 0. The molecule has 0 heterocycles. The topological polar surface area (TPSA) is 151 Å². The Morgan fingerprint density at radius 1 is 1.39 bits per heavy atom. The van der Waals surface area contributed by atoms with Crippen molar-refractivity contribution in [2.75, 3.05) is 0 Å². The van der Waals surface area contributed by atoms with Crippen LogP contribution in [0.2, 0.25) is 0 Å². The number of nitrogens with zero attached hydrogens (tertiary/aromatic N) is 1. The van der Waals surface area contributed by atoms with Crippen molar-refractivity contribution in [1.82, 2.24) is 5.32 Å². The Hall–Kier alpha value is -1.83. The first-order chi connectivity index (χ1) is 11.9. The molecule has 0 saturated heterocycles. The van der Waals surface area contributed by atoms with Gasteiger partial charge in [-0.2, -0.15) is 0 Å². The molecule has 132 valence electrons. The normalized spacial score (nSPS) is 30.9. The number of amides is 1. The van der Waals surface area contributed by atoms with E-state index in [-0.39, 0.29) is 18.3 Å². The third-order valence-electron chi connectivity index (χ3n) is 4.65. The molecule has 0 unspecified atom stereocenters. The van der Waals surface area contributed by atoms with Gasteiger partial charge in [-0.05, 0) is 12.3 Å². The average molecular weight is 331 g/mol. The number of carbonyl (C=O) groups is 2. The molecule has 1 aliphatic rings.